The average Bonchev–Trinajstić information content (AvgIpc) is 2.70. The van der Waals surface area contributed by atoms with Crippen LogP contribution in [0.4, 0.5) is 0 Å². The fraction of sp³-hybridized carbons (Fsp3) is 0.632. The summed E-state index contributed by atoms with van der Waals surface area (Å²) in [5.41, 5.74) is 0. The number of guanidine groups is 1. The van der Waals surface area contributed by atoms with Crippen molar-refractivity contribution >= 4 is 27.7 Å². The predicted octanol–water partition coefficient (Wildman–Crippen LogP) is 1.82. The molecule has 1 fully saturated rings. The van der Waals surface area contributed by atoms with Crippen LogP contribution in [-0.4, -0.2) is 64.8 Å². The van der Waals surface area contributed by atoms with E-state index >= 15 is 0 Å². The van der Waals surface area contributed by atoms with Crippen molar-refractivity contribution in [3.8, 4) is 0 Å². The van der Waals surface area contributed by atoms with E-state index in [4.69, 9.17) is 4.74 Å². The van der Waals surface area contributed by atoms with Gasteiger partial charge in [-0.05, 0) is 31.4 Å². The van der Waals surface area contributed by atoms with Gasteiger partial charge in [0.1, 0.15) is 0 Å². The minimum Gasteiger partial charge on any atom is -0.377 e. The van der Waals surface area contributed by atoms with Gasteiger partial charge in [-0.3, -0.25) is 4.99 Å². The molecule has 0 bridgehead atoms. The fourth-order valence-corrected chi connectivity index (χ4v) is 4.70. The lowest BCUT2D eigenvalue weighted by Crippen LogP contribution is -2.43. The van der Waals surface area contributed by atoms with Crippen molar-refractivity contribution in [1.82, 2.24) is 15.4 Å². The fourth-order valence-electron chi connectivity index (χ4n) is 2.80. The number of rotatable bonds is 10. The summed E-state index contributed by atoms with van der Waals surface area (Å²) in [6.07, 6.45) is 3.06. The average molecular weight is 429 g/mol. The van der Waals surface area contributed by atoms with Crippen LogP contribution >= 0.6 is 11.8 Å². The van der Waals surface area contributed by atoms with Crippen molar-refractivity contribution in [2.45, 2.75) is 42.4 Å². The van der Waals surface area contributed by atoms with Gasteiger partial charge < -0.3 is 15.4 Å². The molecule has 3 N–H and O–H groups in total. The Bertz CT molecular complexity index is 692. The monoisotopic (exact) mass is 428 g/mol. The first-order chi connectivity index (χ1) is 13.5. The van der Waals surface area contributed by atoms with E-state index in [0.717, 1.165) is 32.4 Å². The molecule has 0 amide bonds. The van der Waals surface area contributed by atoms with E-state index in [2.05, 4.69) is 39.4 Å². The smallest absolute Gasteiger partial charge is 0.213 e. The van der Waals surface area contributed by atoms with E-state index in [1.807, 2.05) is 18.2 Å². The molecule has 0 radical (unpaired) electrons. The maximum absolute atomic E-state index is 12.1. The van der Waals surface area contributed by atoms with Crippen LogP contribution in [-0.2, 0) is 14.8 Å². The summed E-state index contributed by atoms with van der Waals surface area (Å²) in [6.45, 7) is 4.23. The highest BCUT2D eigenvalue weighted by Crippen LogP contribution is 2.21. The third-order valence-electron chi connectivity index (χ3n) is 4.33. The van der Waals surface area contributed by atoms with Crippen LogP contribution in [0.1, 0.15) is 26.2 Å². The highest BCUT2D eigenvalue weighted by Gasteiger charge is 2.17. The standard InChI is InChI=1S/C19H32N4O3S2/c1-16(27-18-9-4-3-5-10-18)14-22-19(20-2)21-11-13-28(24,25)23-15-17-8-6-7-12-26-17/h3-5,9-10,16-17,23H,6-8,11-15H2,1-2H3,(H2,20,21,22). The topological polar surface area (TPSA) is 91.8 Å². The van der Waals surface area contributed by atoms with Gasteiger partial charge in [0.15, 0.2) is 5.96 Å². The van der Waals surface area contributed by atoms with Gasteiger partial charge >= 0.3 is 0 Å². The second-order valence-corrected chi connectivity index (χ2v) is 10.2. The minimum atomic E-state index is -3.34. The van der Waals surface area contributed by atoms with E-state index in [9.17, 15) is 8.42 Å². The van der Waals surface area contributed by atoms with Crippen LogP contribution in [0, 0.1) is 0 Å². The number of sulfonamides is 1. The minimum absolute atomic E-state index is 0.00508. The summed E-state index contributed by atoms with van der Waals surface area (Å²) in [5, 5.41) is 6.65. The van der Waals surface area contributed by atoms with Crippen LogP contribution in [0.3, 0.4) is 0 Å². The number of hydrogen-bond acceptors (Lipinski definition) is 5. The number of ether oxygens (including phenoxy) is 1. The summed E-state index contributed by atoms with van der Waals surface area (Å²) in [4.78, 5) is 5.38. The summed E-state index contributed by atoms with van der Waals surface area (Å²) in [7, 11) is -1.66. The Morgan fingerprint density at radius 1 is 1.29 bits per heavy atom. The molecule has 158 valence electrons. The van der Waals surface area contributed by atoms with Crippen LogP contribution in [0.15, 0.2) is 40.2 Å². The van der Waals surface area contributed by atoms with Gasteiger partial charge in [-0.1, -0.05) is 25.1 Å². The predicted molar refractivity (Wildman–Crippen MR) is 117 cm³/mol. The molecule has 1 aromatic carbocycles. The van der Waals surface area contributed by atoms with Gasteiger partial charge in [0, 0.05) is 43.4 Å². The van der Waals surface area contributed by atoms with Gasteiger partial charge in [0.25, 0.3) is 0 Å². The van der Waals surface area contributed by atoms with E-state index in [1.165, 1.54) is 4.90 Å². The Balaban J connectivity index is 1.64. The molecule has 2 atom stereocenters. The first kappa shape index (κ1) is 23.0. The zero-order chi connectivity index (χ0) is 20.2. The number of nitrogens with zero attached hydrogens (tertiary/aromatic N) is 1. The Labute approximate surface area is 173 Å². The van der Waals surface area contributed by atoms with Gasteiger partial charge in [-0.25, -0.2) is 13.1 Å². The number of benzene rings is 1. The highest BCUT2D eigenvalue weighted by molar-refractivity contribution is 8.00. The summed E-state index contributed by atoms with van der Waals surface area (Å²) in [6, 6.07) is 10.2. The van der Waals surface area contributed by atoms with E-state index < -0.39 is 10.0 Å². The molecule has 0 saturated carbocycles. The number of aliphatic imine (C=N–C) groups is 1. The lowest BCUT2D eigenvalue weighted by atomic mass is 10.1. The lowest BCUT2D eigenvalue weighted by Gasteiger charge is -2.22. The maximum Gasteiger partial charge on any atom is 0.213 e. The highest BCUT2D eigenvalue weighted by atomic mass is 32.2. The molecule has 9 heteroatoms. The van der Waals surface area contributed by atoms with Gasteiger partial charge in [-0.2, -0.15) is 0 Å². The van der Waals surface area contributed by atoms with Crippen molar-refractivity contribution in [3.05, 3.63) is 30.3 Å². The molecule has 2 unspecified atom stereocenters. The Morgan fingerprint density at radius 2 is 2.07 bits per heavy atom. The zero-order valence-electron chi connectivity index (χ0n) is 16.7. The number of hydrogen-bond donors (Lipinski definition) is 3. The van der Waals surface area contributed by atoms with Gasteiger partial charge in [-0.15, -0.1) is 11.8 Å². The van der Waals surface area contributed by atoms with E-state index in [1.54, 1.807) is 18.8 Å². The van der Waals surface area contributed by atoms with Crippen molar-refractivity contribution in [3.63, 3.8) is 0 Å². The molecule has 7 nitrogen and oxygen atoms in total. The molecule has 1 aliphatic heterocycles. The maximum atomic E-state index is 12.1. The quantitative estimate of drug-likeness (QED) is 0.299. The van der Waals surface area contributed by atoms with Crippen LogP contribution in [0.25, 0.3) is 0 Å². The van der Waals surface area contributed by atoms with Crippen molar-refractivity contribution in [2.75, 3.05) is 39.0 Å². The SMILES string of the molecule is CN=C(NCCS(=O)(=O)NCC1CCCCO1)NCC(C)Sc1ccccc1. The van der Waals surface area contributed by atoms with Crippen molar-refractivity contribution < 1.29 is 13.2 Å². The molecule has 1 saturated heterocycles. The first-order valence-electron chi connectivity index (χ1n) is 9.73. The molecule has 1 aromatic rings. The second-order valence-electron chi connectivity index (χ2n) is 6.78. The largest absolute Gasteiger partial charge is 0.377 e. The second kappa shape index (κ2) is 12.3. The van der Waals surface area contributed by atoms with Gasteiger partial charge in [0.05, 0.1) is 11.9 Å². The normalized spacial score (nSPS) is 19.2. The van der Waals surface area contributed by atoms with Crippen LogP contribution < -0.4 is 15.4 Å². The van der Waals surface area contributed by atoms with Crippen LogP contribution in [0.5, 0.6) is 0 Å². The van der Waals surface area contributed by atoms with Crippen LogP contribution in [0.2, 0.25) is 0 Å². The summed E-state index contributed by atoms with van der Waals surface area (Å²) >= 11 is 1.78. The molecular formula is C19H32N4O3S2. The van der Waals surface area contributed by atoms with E-state index in [-0.39, 0.29) is 11.9 Å². The lowest BCUT2D eigenvalue weighted by molar-refractivity contribution is 0.0200. The molecule has 28 heavy (non-hydrogen) atoms. The molecule has 1 heterocycles. The molecule has 0 aliphatic carbocycles. The molecule has 0 spiro atoms. The molecule has 2 rings (SSSR count). The molecule has 1 aliphatic rings. The first-order valence-corrected chi connectivity index (χ1v) is 12.3. The van der Waals surface area contributed by atoms with Gasteiger partial charge in [0.2, 0.25) is 10.0 Å². The van der Waals surface area contributed by atoms with E-state index in [0.29, 0.717) is 24.3 Å². The zero-order valence-corrected chi connectivity index (χ0v) is 18.3. The Kier molecular flexibility index (Phi) is 10.1. The molecule has 0 aromatic heterocycles. The summed E-state index contributed by atoms with van der Waals surface area (Å²) in [5.74, 6) is 0.598. The van der Waals surface area contributed by atoms with Crippen molar-refractivity contribution in [2.24, 2.45) is 4.99 Å². The summed E-state index contributed by atoms with van der Waals surface area (Å²) < 4.78 is 32.5. The van der Waals surface area contributed by atoms with Crippen molar-refractivity contribution in [1.29, 1.82) is 0 Å². The third kappa shape index (κ3) is 9.27. The Hall–Kier alpha value is -1.29. The number of thioether (sulfide) groups is 1. The third-order valence-corrected chi connectivity index (χ3v) is 6.79. The molecular weight excluding hydrogens is 396 g/mol. The Morgan fingerprint density at radius 3 is 2.75 bits per heavy atom. The number of nitrogens with one attached hydrogen (secondary N) is 3.